The van der Waals surface area contributed by atoms with Crippen molar-refractivity contribution < 1.29 is 19.4 Å². The van der Waals surface area contributed by atoms with E-state index in [1.165, 1.54) is 0 Å². The minimum absolute atomic E-state index is 0.269. The predicted octanol–water partition coefficient (Wildman–Crippen LogP) is -0.670. The number of amides is 1. The molecule has 6 nitrogen and oxygen atoms in total. The molecule has 0 bridgehead atoms. The first-order valence-electron chi connectivity index (χ1n) is 5.42. The van der Waals surface area contributed by atoms with Gasteiger partial charge >= 0.3 is 5.97 Å². The van der Waals surface area contributed by atoms with Gasteiger partial charge in [-0.2, -0.15) is 0 Å². The highest BCUT2D eigenvalue weighted by atomic mass is 16.5. The van der Waals surface area contributed by atoms with Crippen molar-refractivity contribution in [2.45, 2.75) is 31.8 Å². The van der Waals surface area contributed by atoms with Crippen LogP contribution in [0.15, 0.2) is 0 Å². The molecule has 1 aliphatic heterocycles. The quantitative estimate of drug-likeness (QED) is 0.581. The van der Waals surface area contributed by atoms with Crippen LogP contribution in [-0.2, 0) is 14.3 Å². The van der Waals surface area contributed by atoms with Crippen molar-refractivity contribution in [3.05, 3.63) is 0 Å². The standard InChI is InChI=1S/C10H18N2O4/c1-2-3-8(10(14)15)12-9(13)6-4-16-5-7(6)11/h6-8H,2-5,11H2,1H3,(H,12,13)(H,14,15)/t6?,7?,8-/m0/s1. The molecule has 1 fully saturated rings. The summed E-state index contributed by atoms with van der Waals surface area (Å²) in [5, 5.41) is 11.4. The van der Waals surface area contributed by atoms with Crippen LogP contribution < -0.4 is 11.1 Å². The van der Waals surface area contributed by atoms with Crippen molar-refractivity contribution in [1.29, 1.82) is 0 Å². The molecule has 6 heteroatoms. The maximum absolute atomic E-state index is 11.7. The van der Waals surface area contributed by atoms with Crippen LogP contribution in [0.1, 0.15) is 19.8 Å². The van der Waals surface area contributed by atoms with Gasteiger partial charge in [0.05, 0.1) is 19.1 Å². The van der Waals surface area contributed by atoms with Gasteiger partial charge in [-0.15, -0.1) is 0 Å². The molecule has 1 saturated heterocycles. The highest BCUT2D eigenvalue weighted by Gasteiger charge is 2.33. The molecule has 1 rings (SSSR count). The van der Waals surface area contributed by atoms with Gasteiger partial charge in [0.2, 0.25) is 5.91 Å². The van der Waals surface area contributed by atoms with Crippen LogP contribution in [0, 0.1) is 5.92 Å². The van der Waals surface area contributed by atoms with E-state index in [1.54, 1.807) is 0 Å². The Morgan fingerprint density at radius 2 is 2.25 bits per heavy atom. The van der Waals surface area contributed by atoms with Crippen LogP contribution in [-0.4, -0.2) is 42.3 Å². The Hall–Kier alpha value is -1.14. The van der Waals surface area contributed by atoms with E-state index >= 15 is 0 Å². The van der Waals surface area contributed by atoms with E-state index in [2.05, 4.69) is 5.32 Å². The molecular formula is C10H18N2O4. The number of carbonyl (C=O) groups is 2. The number of ether oxygens (including phenoxy) is 1. The fraction of sp³-hybridized carbons (Fsp3) is 0.800. The van der Waals surface area contributed by atoms with E-state index in [4.69, 9.17) is 15.6 Å². The van der Waals surface area contributed by atoms with Crippen LogP contribution in [0.2, 0.25) is 0 Å². The number of hydrogen-bond donors (Lipinski definition) is 3. The molecule has 0 spiro atoms. The average molecular weight is 230 g/mol. The number of carboxylic acids is 1. The molecule has 2 unspecified atom stereocenters. The van der Waals surface area contributed by atoms with Crippen molar-refractivity contribution >= 4 is 11.9 Å². The number of nitrogens with one attached hydrogen (secondary N) is 1. The number of carboxylic acid groups (broad SMARTS) is 1. The number of nitrogens with two attached hydrogens (primary N) is 1. The fourth-order valence-electron chi connectivity index (χ4n) is 1.67. The second-order valence-corrected chi connectivity index (χ2v) is 4.00. The summed E-state index contributed by atoms with van der Waals surface area (Å²) >= 11 is 0. The topological polar surface area (TPSA) is 102 Å². The summed E-state index contributed by atoms with van der Waals surface area (Å²) in [4.78, 5) is 22.6. The summed E-state index contributed by atoms with van der Waals surface area (Å²) in [5.41, 5.74) is 5.67. The van der Waals surface area contributed by atoms with E-state index < -0.39 is 17.9 Å². The molecule has 0 radical (unpaired) electrons. The molecule has 1 heterocycles. The van der Waals surface area contributed by atoms with Crippen LogP contribution in [0.25, 0.3) is 0 Å². The first-order valence-corrected chi connectivity index (χ1v) is 5.42. The van der Waals surface area contributed by atoms with Crippen LogP contribution >= 0.6 is 0 Å². The monoisotopic (exact) mass is 230 g/mol. The highest BCUT2D eigenvalue weighted by Crippen LogP contribution is 2.12. The molecule has 4 N–H and O–H groups in total. The van der Waals surface area contributed by atoms with Crippen molar-refractivity contribution in [2.75, 3.05) is 13.2 Å². The summed E-state index contributed by atoms with van der Waals surface area (Å²) < 4.78 is 5.06. The minimum atomic E-state index is -1.01. The molecule has 0 aromatic rings. The van der Waals surface area contributed by atoms with Crippen molar-refractivity contribution in [3.63, 3.8) is 0 Å². The lowest BCUT2D eigenvalue weighted by Gasteiger charge is -2.18. The minimum Gasteiger partial charge on any atom is -0.480 e. The normalized spacial score (nSPS) is 26.4. The van der Waals surface area contributed by atoms with Gasteiger partial charge in [-0.05, 0) is 6.42 Å². The Balaban J connectivity index is 2.50. The molecule has 1 aliphatic rings. The van der Waals surface area contributed by atoms with E-state index in [0.717, 1.165) is 0 Å². The van der Waals surface area contributed by atoms with E-state index in [9.17, 15) is 9.59 Å². The number of hydrogen-bond acceptors (Lipinski definition) is 4. The molecule has 1 amide bonds. The summed E-state index contributed by atoms with van der Waals surface area (Å²) in [6.07, 6.45) is 1.12. The second kappa shape index (κ2) is 5.81. The zero-order valence-corrected chi connectivity index (χ0v) is 9.31. The van der Waals surface area contributed by atoms with Crippen molar-refractivity contribution in [2.24, 2.45) is 11.7 Å². The van der Waals surface area contributed by atoms with Crippen LogP contribution in [0.4, 0.5) is 0 Å². The maximum atomic E-state index is 11.7. The molecular weight excluding hydrogens is 212 g/mol. The summed E-state index contributed by atoms with van der Waals surface area (Å²) in [7, 11) is 0. The Kier molecular flexibility index (Phi) is 4.70. The Labute approximate surface area is 94.1 Å². The largest absolute Gasteiger partial charge is 0.480 e. The molecule has 92 valence electrons. The molecule has 3 atom stereocenters. The lowest BCUT2D eigenvalue weighted by molar-refractivity contribution is -0.142. The summed E-state index contributed by atoms with van der Waals surface area (Å²) in [5.74, 6) is -1.77. The van der Waals surface area contributed by atoms with E-state index in [-0.39, 0.29) is 18.6 Å². The van der Waals surface area contributed by atoms with Crippen LogP contribution in [0.5, 0.6) is 0 Å². The predicted molar refractivity (Wildman–Crippen MR) is 56.8 cm³/mol. The van der Waals surface area contributed by atoms with Gasteiger partial charge in [-0.25, -0.2) is 4.79 Å². The average Bonchev–Trinajstić information content (AvgIpc) is 2.63. The van der Waals surface area contributed by atoms with Gasteiger partial charge in [0.25, 0.3) is 0 Å². The Morgan fingerprint density at radius 1 is 1.56 bits per heavy atom. The molecule has 0 saturated carbocycles. The molecule has 0 aromatic heterocycles. The molecule has 0 aromatic carbocycles. The maximum Gasteiger partial charge on any atom is 0.326 e. The van der Waals surface area contributed by atoms with Crippen molar-refractivity contribution in [1.82, 2.24) is 5.32 Å². The third-order valence-corrected chi connectivity index (χ3v) is 2.65. The third-order valence-electron chi connectivity index (χ3n) is 2.65. The highest BCUT2D eigenvalue weighted by molar-refractivity contribution is 5.85. The molecule has 16 heavy (non-hydrogen) atoms. The van der Waals surface area contributed by atoms with Crippen LogP contribution in [0.3, 0.4) is 0 Å². The van der Waals surface area contributed by atoms with Gasteiger partial charge in [-0.3, -0.25) is 4.79 Å². The van der Waals surface area contributed by atoms with Gasteiger partial charge < -0.3 is 20.9 Å². The summed E-state index contributed by atoms with van der Waals surface area (Å²) in [6, 6.07) is -1.17. The number of rotatable bonds is 5. The zero-order valence-electron chi connectivity index (χ0n) is 9.31. The Morgan fingerprint density at radius 3 is 2.69 bits per heavy atom. The van der Waals surface area contributed by atoms with Gasteiger partial charge in [0.1, 0.15) is 6.04 Å². The van der Waals surface area contributed by atoms with E-state index in [0.29, 0.717) is 19.4 Å². The van der Waals surface area contributed by atoms with Gasteiger partial charge in [0.15, 0.2) is 0 Å². The smallest absolute Gasteiger partial charge is 0.326 e. The second-order valence-electron chi connectivity index (χ2n) is 4.00. The molecule has 0 aliphatic carbocycles. The first-order chi connectivity index (χ1) is 7.56. The Bertz CT molecular complexity index is 270. The first kappa shape index (κ1) is 12.9. The summed E-state index contributed by atoms with van der Waals surface area (Å²) in [6.45, 7) is 2.49. The van der Waals surface area contributed by atoms with Gasteiger partial charge in [0, 0.05) is 6.04 Å². The lowest BCUT2D eigenvalue weighted by Crippen LogP contribution is -2.47. The number of aliphatic carboxylic acids is 1. The fourth-order valence-corrected chi connectivity index (χ4v) is 1.67. The van der Waals surface area contributed by atoms with E-state index in [1.807, 2.05) is 6.92 Å². The third kappa shape index (κ3) is 3.18. The SMILES string of the molecule is CCC[C@H](NC(=O)C1COCC1N)C(=O)O. The number of carbonyl (C=O) groups excluding carboxylic acids is 1. The van der Waals surface area contributed by atoms with Gasteiger partial charge in [-0.1, -0.05) is 13.3 Å². The van der Waals surface area contributed by atoms with Crippen molar-refractivity contribution in [3.8, 4) is 0 Å². The lowest BCUT2D eigenvalue weighted by atomic mass is 10.0. The zero-order chi connectivity index (χ0) is 12.1.